The van der Waals surface area contributed by atoms with Crippen molar-refractivity contribution in [2.45, 2.75) is 38.9 Å². The van der Waals surface area contributed by atoms with Crippen molar-refractivity contribution in [3.05, 3.63) is 54.0 Å². The summed E-state index contributed by atoms with van der Waals surface area (Å²) >= 11 is 0. The number of halogens is 3. The molecule has 4 nitrogen and oxygen atoms in total. The highest BCUT2D eigenvalue weighted by Gasteiger charge is 2.33. The molecule has 26 heavy (non-hydrogen) atoms. The molecule has 0 saturated carbocycles. The fourth-order valence-electron chi connectivity index (χ4n) is 2.51. The Morgan fingerprint density at radius 2 is 1.96 bits per heavy atom. The molecule has 0 bridgehead atoms. The van der Waals surface area contributed by atoms with E-state index in [1.807, 2.05) is 26.0 Å². The zero-order valence-corrected chi connectivity index (χ0v) is 14.8. The van der Waals surface area contributed by atoms with Gasteiger partial charge in [0.2, 0.25) is 0 Å². The summed E-state index contributed by atoms with van der Waals surface area (Å²) in [6.07, 6.45) is -2.27. The van der Waals surface area contributed by atoms with Gasteiger partial charge < -0.3 is 14.1 Å². The maximum absolute atomic E-state index is 12.8. The fourth-order valence-corrected chi connectivity index (χ4v) is 2.51. The highest BCUT2D eigenvalue weighted by atomic mass is 19.4. The molecule has 1 heterocycles. The number of nitrogens with zero attached hydrogens (tertiary/aromatic N) is 1. The number of hydrogen-bond donors (Lipinski definition) is 0. The lowest BCUT2D eigenvalue weighted by Crippen LogP contribution is -2.40. The van der Waals surface area contributed by atoms with Gasteiger partial charge >= 0.3 is 6.18 Å². The average Bonchev–Trinajstić information content (AvgIpc) is 3.10. The number of benzene rings is 1. The van der Waals surface area contributed by atoms with Crippen molar-refractivity contribution < 1.29 is 27.1 Å². The lowest BCUT2D eigenvalue weighted by molar-refractivity contribution is -0.164. The fraction of sp³-hybridized carbons (Fsp3) is 0.421. The summed E-state index contributed by atoms with van der Waals surface area (Å²) < 4.78 is 49.0. The zero-order chi connectivity index (χ0) is 19.2. The number of carbonyl (C=O) groups excluding carboxylic acids is 1. The first-order chi connectivity index (χ1) is 12.3. The molecule has 1 amide bonds. The molecule has 142 valence electrons. The number of alkyl halides is 3. The van der Waals surface area contributed by atoms with Crippen LogP contribution in [0.3, 0.4) is 0 Å². The third-order valence-electron chi connectivity index (χ3n) is 4.06. The van der Waals surface area contributed by atoms with Gasteiger partial charge in [-0.05, 0) is 36.1 Å². The van der Waals surface area contributed by atoms with Crippen LogP contribution in [-0.4, -0.2) is 30.1 Å². The normalized spacial score (nSPS) is 12.7. The Morgan fingerprint density at radius 3 is 2.58 bits per heavy atom. The van der Waals surface area contributed by atoms with Crippen molar-refractivity contribution in [2.75, 3.05) is 13.2 Å². The van der Waals surface area contributed by atoms with Gasteiger partial charge in [-0.25, -0.2) is 0 Å². The Balaban J connectivity index is 2.07. The van der Waals surface area contributed by atoms with Gasteiger partial charge in [-0.2, -0.15) is 13.2 Å². The van der Waals surface area contributed by atoms with E-state index in [-0.39, 0.29) is 18.2 Å². The lowest BCUT2D eigenvalue weighted by Gasteiger charge is -2.23. The second kappa shape index (κ2) is 8.78. The van der Waals surface area contributed by atoms with Crippen LogP contribution in [0, 0.1) is 0 Å². The molecule has 1 atom stereocenters. The number of furan rings is 1. The van der Waals surface area contributed by atoms with Crippen LogP contribution in [0.4, 0.5) is 13.2 Å². The van der Waals surface area contributed by atoms with Crippen LogP contribution in [0.25, 0.3) is 0 Å². The molecular formula is C19H22F3NO3. The minimum absolute atomic E-state index is 0.218. The van der Waals surface area contributed by atoms with E-state index in [0.717, 1.165) is 12.0 Å². The van der Waals surface area contributed by atoms with E-state index >= 15 is 0 Å². The van der Waals surface area contributed by atoms with E-state index < -0.39 is 25.2 Å². The van der Waals surface area contributed by atoms with E-state index in [9.17, 15) is 18.0 Å². The van der Waals surface area contributed by atoms with Crippen LogP contribution in [0.2, 0.25) is 0 Å². The van der Waals surface area contributed by atoms with Crippen LogP contribution < -0.4 is 4.74 Å². The number of hydrogen-bond acceptors (Lipinski definition) is 3. The molecule has 0 aliphatic carbocycles. The summed E-state index contributed by atoms with van der Waals surface area (Å²) in [7, 11) is 0. The second-order valence-electron chi connectivity index (χ2n) is 6.08. The van der Waals surface area contributed by atoms with E-state index in [0.29, 0.717) is 10.6 Å². The Hall–Kier alpha value is -2.44. The zero-order valence-electron chi connectivity index (χ0n) is 14.8. The van der Waals surface area contributed by atoms with Crippen molar-refractivity contribution in [3.8, 4) is 5.75 Å². The molecule has 0 N–H and O–H groups in total. The van der Waals surface area contributed by atoms with Crippen molar-refractivity contribution >= 4 is 5.91 Å². The molecule has 1 unspecified atom stereocenters. The van der Waals surface area contributed by atoms with Crippen LogP contribution in [0.15, 0.2) is 47.1 Å². The molecular weight excluding hydrogens is 347 g/mol. The molecule has 2 rings (SSSR count). The largest absolute Gasteiger partial charge is 0.483 e. The van der Waals surface area contributed by atoms with Crippen molar-refractivity contribution in [1.29, 1.82) is 0 Å². The Labute approximate surface area is 150 Å². The van der Waals surface area contributed by atoms with Gasteiger partial charge in [-0.1, -0.05) is 32.0 Å². The Kier molecular flexibility index (Phi) is 6.71. The lowest BCUT2D eigenvalue weighted by atomic mass is 9.98. The smallest absolute Gasteiger partial charge is 0.406 e. The maximum Gasteiger partial charge on any atom is 0.406 e. The monoisotopic (exact) mass is 369 g/mol. The van der Waals surface area contributed by atoms with Crippen LogP contribution in [0.1, 0.15) is 37.5 Å². The van der Waals surface area contributed by atoms with E-state index in [1.165, 1.54) is 12.3 Å². The van der Waals surface area contributed by atoms with Gasteiger partial charge in [0.15, 0.2) is 6.61 Å². The molecule has 2 aromatic rings. The van der Waals surface area contributed by atoms with Gasteiger partial charge in [0.25, 0.3) is 5.91 Å². The van der Waals surface area contributed by atoms with E-state index in [2.05, 4.69) is 0 Å². The van der Waals surface area contributed by atoms with E-state index in [4.69, 9.17) is 9.15 Å². The number of amides is 1. The molecule has 0 spiro atoms. The van der Waals surface area contributed by atoms with Crippen molar-refractivity contribution in [3.63, 3.8) is 0 Å². The number of para-hydroxylation sites is 1. The van der Waals surface area contributed by atoms with Gasteiger partial charge in [-0.3, -0.25) is 4.79 Å². The van der Waals surface area contributed by atoms with Crippen molar-refractivity contribution in [2.24, 2.45) is 0 Å². The first-order valence-electron chi connectivity index (χ1n) is 8.38. The van der Waals surface area contributed by atoms with Gasteiger partial charge in [0, 0.05) is 0 Å². The minimum Gasteiger partial charge on any atom is -0.483 e. The van der Waals surface area contributed by atoms with Crippen LogP contribution >= 0.6 is 0 Å². The third-order valence-corrected chi connectivity index (χ3v) is 4.06. The molecule has 0 aliphatic rings. The quantitative estimate of drug-likeness (QED) is 0.674. The summed E-state index contributed by atoms with van der Waals surface area (Å²) in [6, 6.07) is 10.3. The molecule has 1 aromatic carbocycles. The molecule has 0 fully saturated rings. The standard InChI is InChI=1S/C19H22F3NO3/c1-3-14(2)16-8-4-5-9-17(16)26-12-18(24)23(13-19(20,21)22)11-15-7-6-10-25-15/h4-10,14H,3,11-13H2,1-2H3. The highest BCUT2D eigenvalue weighted by molar-refractivity contribution is 5.77. The number of rotatable bonds is 8. The Bertz CT molecular complexity index is 698. The molecule has 0 aliphatic heterocycles. The van der Waals surface area contributed by atoms with Gasteiger partial charge in [0.05, 0.1) is 12.8 Å². The Morgan fingerprint density at radius 1 is 1.23 bits per heavy atom. The predicted molar refractivity (Wildman–Crippen MR) is 90.8 cm³/mol. The average molecular weight is 369 g/mol. The van der Waals surface area contributed by atoms with Crippen LogP contribution in [0.5, 0.6) is 5.75 Å². The molecule has 0 saturated heterocycles. The summed E-state index contributed by atoms with van der Waals surface area (Å²) in [5, 5.41) is 0. The molecule has 0 radical (unpaired) electrons. The number of ether oxygens (including phenoxy) is 1. The first-order valence-corrected chi connectivity index (χ1v) is 8.38. The SMILES string of the molecule is CCC(C)c1ccccc1OCC(=O)N(Cc1ccco1)CC(F)(F)F. The molecule has 1 aromatic heterocycles. The van der Waals surface area contributed by atoms with Gasteiger partial charge in [-0.15, -0.1) is 0 Å². The minimum atomic E-state index is -4.50. The maximum atomic E-state index is 12.8. The second-order valence-corrected chi connectivity index (χ2v) is 6.08. The summed E-state index contributed by atoms with van der Waals surface area (Å²) in [6.45, 7) is 1.97. The topological polar surface area (TPSA) is 42.7 Å². The highest BCUT2D eigenvalue weighted by Crippen LogP contribution is 2.28. The van der Waals surface area contributed by atoms with E-state index in [1.54, 1.807) is 18.2 Å². The number of carbonyl (C=O) groups is 1. The molecule has 7 heteroatoms. The summed E-state index contributed by atoms with van der Waals surface area (Å²) in [4.78, 5) is 13.0. The van der Waals surface area contributed by atoms with Gasteiger partial charge in [0.1, 0.15) is 18.1 Å². The summed E-state index contributed by atoms with van der Waals surface area (Å²) in [5.74, 6) is 0.260. The predicted octanol–water partition coefficient (Wildman–Crippen LogP) is 4.76. The summed E-state index contributed by atoms with van der Waals surface area (Å²) in [5.41, 5.74) is 0.927. The first kappa shape index (κ1) is 19.9. The van der Waals surface area contributed by atoms with Crippen LogP contribution in [-0.2, 0) is 11.3 Å². The third kappa shape index (κ3) is 5.82. The van der Waals surface area contributed by atoms with Crippen molar-refractivity contribution in [1.82, 2.24) is 4.90 Å².